The zero-order valence-electron chi connectivity index (χ0n) is 12.6. The quantitative estimate of drug-likeness (QED) is 0.724. The maximum absolute atomic E-state index is 12.4. The smallest absolute Gasteiger partial charge is 0.242 e. The van der Waals surface area contributed by atoms with Crippen LogP contribution in [0.2, 0.25) is 0 Å². The molecule has 0 aliphatic rings. The molecule has 0 saturated carbocycles. The molecule has 4 nitrogen and oxygen atoms in total. The lowest BCUT2D eigenvalue weighted by molar-refractivity contribution is 0.443. The summed E-state index contributed by atoms with van der Waals surface area (Å²) in [6, 6.07) is 5.15. The SMILES string of the molecule is CCCCC(CC)CNS(=O)(=O)c1c(C)cccc1N. The number of nitrogens with two attached hydrogens (primary N) is 1. The number of nitrogens with one attached hydrogen (secondary N) is 1. The van der Waals surface area contributed by atoms with Gasteiger partial charge in [0.15, 0.2) is 0 Å². The Morgan fingerprint density at radius 3 is 2.55 bits per heavy atom. The maximum Gasteiger partial charge on any atom is 0.242 e. The summed E-state index contributed by atoms with van der Waals surface area (Å²) in [6.07, 6.45) is 4.30. The molecule has 1 unspecified atom stereocenters. The van der Waals surface area contributed by atoms with Gasteiger partial charge in [-0.25, -0.2) is 13.1 Å². The summed E-state index contributed by atoms with van der Waals surface area (Å²) in [5.41, 5.74) is 6.79. The number of hydrogen-bond acceptors (Lipinski definition) is 3. The first kappa shape index (κ1) is 17.0. The van der Waals surface area contributed by atoms with E-state index in [1.165, 1.54) is 0 Å². The van der Waals surface area contributed by atoms with Gasteiger partial charge in [-0.3, -0.25) is 0 Å². The molecule has 0 aliphatic carbocycles. The summed E-state index contributed by atoms with van der Waals surface area (Å²) in [5, 5.41) is 0. The van der Waals surface area contributed by atoms with Gasteiger partial charge in [-0.15, -0.1) is 0 Å². The van der Waals surface area contributed by atoms with Crippen LogP contribution in [0.1, 0.15) is 45.1 Å². The Balaban J connectivity index is 2.80. The van der Waals surface area contributed by atoms with E-state index >= 15 is 0 Å². The first-order valence-electron chi connectivity index (χ1n) is 7.27. The van der Waals surface area contributed by atoms with Crippen molar-refractivity contribution in [2.75, 3.05) is 12.3 Å². The van der Waals surface area contributed by atoms with Crippen LogP contribution in [0.3, 0.4) is 0 Å². The molecule has 0 aliphatic heterocycles. The van der Waals surface area contributed by atoms with E-state index in [9.17, 15) is 8.42 Å². The van der Waals surface area contributed by atoms with Crippen molar-refractivity contribution in [2.45, 2.75) is 51.3 Å². The van der Waals surface area contributed by atoms with Crippen molar-refractivity contribution < 1.29 is 8.42 Å². The number of benzene rings is 1. The van der Waals surface area contributed by atoms with Gasteiger partial charge in [0.1, 0.15) is 4.90 Å². The Kier molecular flexibility index (Phi) is 6.49. The fraction of sp³-hybridized carbons (Fsp3) is 0.600. The molecule has 0 fully saturated rings. The predicted octanol–water partition coefficient (Wildman–Crippen LogP) is 3.07. The zero-order valence-corrected chi connectivity index (χ0v) is 13.5. The molecular formula is C15H26N2O2S. The third-order valence-electron chi connectivity index (χ3n) is 3.62. The third kappa shape index (κ3) is 4.49. The van der Waals surface area contributed by atoms with Crippen LogP contribution >= 0.6 is 0 Å². The van der Waals surface area contributed by atoms with E-state index in [1.54, 1.807) is 25.1 Å². The molecule has 1 aromatic carbocycles. The van der Waals surface area contributed by atoms with Gasteiger partial charge in [-0.05, 0) is 30.9 Å². The highest BCUT2D eigenvalue weighted by Crippen LogP contribution is 2.22. The normalized spacial score (nSPS) is 13.3. The summed E-state index contributed by atoms with van der Waals surface area (Å²) < 4.78 is 27.5. The molecular weight excluding hydrogens is 272 g/mol. The van der Waals surface area contributed by atoms with E-state index in [0.29, 0.717) is 23.7 Å². The largest absolute Gasteiger partial charge is 0.398 e. The standard InChI is InChI=1S/C15H26N2O2S/c1-4-6-9-13(5-2)11-17-20(18,19)15-12(3)8-7-10-14(15)16/h7-8,10,13,17H,4-6,9,11,16H2,1-3H3. The molecule has 1 aromatic rings. The van der Waals surface area contributed by atoms with E-state index in [1.807, 2.05) is 0 Å². The van der Waals surface area contributed by atoms with E-state index in [-0.39, 0.29) is 4.90 Å². The topological polar surface area (TPSA) is 72.2 Å². The first-order valence-corrected chi connectivity index (χ1v) is 8.75. The fourth-order valence-corrected chi connectivity index (χ4v) is 3.76. The van der Waals surface area contributed by atoms with E-state index in [2.05, 4.69) is 18.6 Å². The highest BCUT2D eigenvalue weighted by Gasteiger charge is 2.20. The van der Waals surface area contributed by atoms with Gasteiger partial charge >= 0.3 is 0 Å². The van der Waals surface area contributed by atoms with Crippen LogP contribution in [0, 0.1) is 12.8 Å². The number of aryl methyl sites for hydroxylation is 1. The molecule has 0 bridgehead atoms. The summed E-state index contributed by atoms with van der Waals surface area (Å²) in [6.45, 7) is 6.48. The Morgan fingerprint density at radius 2 is 2.00 bits per heavy atom. The molecule has 1 rings (SSSR count). The van der Waals surface area contributed by atoms with Crippen LogP contribution in [0.5, 0.6) is 0 Å². The molecule has 0 amide bonds. The Labute approximate surface area is 122 Å². The summed E-state index contributed by atoms with van der Waals surface area (Å²) in [5.74, 6) is 0.384. The fourth-order valence-electron chi connectivity index (χ4n) is 2.29. The number of sulfonamides is 1. The number of nitrogen functional groups attached to an aromatic ring is 1. The van der Waals surface area contributed by atoms with Gasteiger partial charge in [0.25, 0.3) is 0 Å². The zero-order chi connectivity index (χ0) is 15.2. The molecule has 0 saturated heterocycles. The van der Waals surface area contributed by atoms with Gasteiger partial charge in [0.2, 0.25) is 10.0 Å². The number of anilines is 1. The number of rotatable bonds is 8. The Hall–Kier alpha value is -1.07. The minimum atomic E-state index is -3.53. The average molecular weight is 298 g/mol. The lowest BCUT2D eigenvalue weighted by atomic mass is 10.00. The van der Waals surface area contributed by atoms with Crippen molar-refractivity contribution >= 4 is 15.7 Å². The second-order valence-electron chi connectivity index (χ2n) is 5.26. The summed E-state index contributed by atoms with van der Waals surface area (Å²) >= 11 is 0. The van der Waals surface area contributed by atoms with Crippen molar-refractivity contribution in [2.24, 2.45) is 5.92 Å². The molecule has 3 N–H and O–H groups in total. The van der Waals surface area contributed by atoms with Crippen molar-refractivity contribution in [3.05, 3.63) is 23.8 Å². The van der Waals surface area contributed by atoms with Gasteiger partial charge in [-0.1, -0.05) is 45.2 Å². The van der Waals surface area contributed by atoms with Crippen LogP contribution < -0.4 is 10.5 Å². The molecule has 1 atom stereocenters. The number of hydrogen-bond donors (Lipinski definition) is 2. The van der Waals surface area contributed by atoms with E-state index in [0.717, 1.165) is 25.7 Å². The Bertz CT molecular complexity index is 506. The molecule has 0 radical (unpaired) electrons. The molecule has 20 heavy (non-hydrogen) atoms. The summed E-state index contributed by atoms with van der Waals surface area (Å²) in [7, 11) is -3.53. The molecule has 0 heterocycles. The molecule has 114 valence electrons. The predicted molar refractivity (Wildman–Crippen MR) is 84.1 cm³/mol. The maximum atomic E-state index is 12.4. The first-order chi connectivity index (χ1) is 9.42. The monoisotopic (exact) mass is 298 g/mol. The van der Waals surface area contributed by atoms with Crippen molar-refractivity contribution in [1.82, 2.24) is 4.72 Å². The van der Waals surface area contributed by atoms with Crippen LogP contribution in [0.4, 0.5) is 5.69 Å². The third-order valence-corrected chi connectivity index (χ3v) is 5.26. The van der Waals surface area contributed by atoms with E-state index < -0.39 is 10.0 Å². The molecule has 0 aromatic heterocycles. The Morgan fingerprint density at radius 1 is 1.30 bits per heavy atom. The van der Waals surface area contributed by atoms with Crippen LogP contribution in [-0.4, -0.2) is 15.0 Å². The highest BCUT2D eigenvalue weighted by atomic mass is 32.2. The van der Waals surface area contributed by atoms with Gasteiger partial charge < -0.3 is 5.73 Å². The van der Waals surface area contributed by atoms with Crippen molar-refractivity contribution in [3.8, 4) is 0 Å². The van der Waals surface area contributed by atoms with Crippen molar-refractivity contribution in [3.63, 3.8) is 0 Å². The lowest BCUT2D eigenvalue weighted by Crippen LogP contribution is -2.30. The van der Waals surface area contributed by atoms with Crippen molar-refractivity contribution in [1.29, 1.82) is 0 Å². The lowest BCUT2D eigenvalue weighted by Gasteiger charge is -2.17. The van der Waals surface area contributed by atoms with E-state index in [4.69, 9.17) is 5.73 Å². The second kappa shape index (κ2) is 7.64. The highest BCUT2D eigenvalue weighted by molar-refractivity contribution is 7.89. The molecule has 5 heteroatoms. The minimum Gasteiger partial charge on any atom is -0.398 e. The van der Waals surface area contributed by atoms with Crippen LogP contribution in [0.25, 0.3) is 0 Å². The van der Waals surface area contributed by atoms with Gasteiger partial charge in [0, 0.05) is 6.54 Å². The van der Waals surface area contributed by atoms with Gasteiger partial charge in [-0.2, -0.15) is 0 Å². The molecule has 0 spiro atoms. The van der Waals surface area contributed by atoms with Crippen LogP contribution in [0.15, 0.2) is 23.1 Å². The number of unbranched alkanes of at least 4 members (excludes halogenated alkanes) is 1. The average Bonchev–Trinajstić information content (AvgIpc) is 2.38. The second-order valence-corrected chi connectivity index (χ2v) is 6.97. The summed E-state index contributed by atoms with van der Waals surface area (Å²) in [4.78, 5) is 0.213. The van der Waals surface area contributed by atoms with Crippen LogP contribution in [-0.2, 0) is 10.0 Å². The minimum absolute atomic E-state index is 0.213. The van der Waals surface area contributed by atoms with Gasteiger partial charge in [0.05, 0.1) is 5.69 Å².